The second kappa shape index (κ2) is 7.26. The molecule has 2 aromatic rings. The van der Waals surface area contributed by atoms with Crippen molar-refractivity contribution in [3.63, 3.8) is 0 Å². The minimum atomic E-state index is -0.131. The quantitative estimate of drug-likeness (QED) is 0.681. The van der Waals surface area contributed by atoms with Gasteiger partial charge in [-0.25, -0.2) is 9.97 Å². The first-order chi connectivity index (χ1) is 9.66. The molecule has 0 radical (unpaired) electrons. The van der Waals surface area contributed by atoms with E-state index >= 15 is 0 Å². The van der Waals surface area contributed by atoms with Gasteiger partial charge in [0.15, 0.2) is 5.16 Å². The summed E-state index contributed by atoms with van der Waals surface area (Å²) in [4.78, 5) is 20.0. The zero-order chi connectivity index (χ0) is 14.4. The molecule has 1 heterocycles. The van der Waals surface area contributed by atoms with E-state index in [0.29, 0.717) is 10.2 Å². The molecule has 1 N–H and O–H groups in total. The predicted octanol–water partition coefficient (Wildman–Crippen LogP) is 3.10. The Hall–Kier alpha value is -1.59. The highest BCUT2D eigenvalue weighted by molar-refractivity contribution is 7.99. The molecule has 20 heavy (non-hydrogen) atoms. The van der Waals surface area contributed by atoms with E-state index in [1.54, 1.807) is 18.5 Å². The van der Waals surface area contributed by atoms with Gasteiger partial charge in [0, 0.05) is 17.4 Å². The molecule has 0 aliphatic carbocycles. The summed E-state index contributed by atoms with van der Waals surface area (Å²) in [5.74, 6) is 0.202. The first kappa shape index (κ1) is 14.8. The molecule has 1 aromatic heterocycles. The van der Waals surface area contributed by atoms with Crippen molar-refractivity contribution in [2.75, 3.05) is 5.75 Å². The third kappa shape index (κ3) is 4.21. The number of rotatable bonds is 5. The molecule has 0 aliphatic heterocycles. The maximum Gasteiger partial charge on any atom is 0.230 e. The fourth-order valence-electron chi connectivity index (χ4n) is 1.68. The molecule has 4 nitrogen and oxygen atoms in total. The number of hydrogen-bond donors (Lipinski definition) is 1. The summed E-state index contributed by atoms with van der Waals surface area (Å²) >= 11 is 7.40. The standard InChI is InChI=1S/C14H14ClN3OS/c1-10(11-5-2-3-6-12(11)15)18-13(19)9-20-14-16-7-4-8-17-14/h2-8,10H,9H2,1H3,(H,18,19)/t10-/m0/s1. The van der Waals surface area contributed by atoms with E-state index in [9.17, 15) is 4.79 Å². The Labute approximate surface area is 127 Å². The number of carbonyl (C=O) groups is 1. The molecular weight excluding hydrogens is 294 g/mol. The number of nitrogens with one attached hydrogen (secondary N) is 1. The lowest BCUT2D eigenvalue weighted by molar-refractivity contribution is -0.119. The van der Waals surface area contributed by atoms with E-state index in [4.69, 9.17) is 11.6 Å². The van der Waals surface area contributed by atoms with Crippen molar-refractivity contribution < 1.29 is 4.79 Å². The van der Waals surface area contributed by atoms with E-state index in [1.165, 1.54) is 11.8 Å². The van der Waals surface area contributed by atoms with Gasteiger partial charge in [0.1, 0.15) is 0 Å². The van der Waals surface area contributed by atoms with Gasteiger partial charge in [-0.05, 0) is 24.6 Å². The normalized spacial score (nSPS) is 11.9. The van der Waals surface area contributed by atoms with Gasteiger partial charge in [-0.15, -0.1) is 0 Å². The molecular formula is C14H14ClN3OS. The van der Waals surface area contributed by atoms with Crippen LogP contribution >= 0.6 is 23.4 Å². The Morgan fingerprint density at radius 1 is 1.30 bits per heavy atom. The van der Waals surface area contributed by atoms with Crippen molar-refractivity contribution in [1.29, 1.82) is 0 Å². The number of benzene rings is 1. The van der Waals surface area contributed by atoms with Crippen LogP contribution in [0.1, 0.15) is 18.5 Å². The van der Waals surface area contributed by atoms with Gasteiger partial charge in [0.05, 0.1) is 11.8 Å². The van der Waals surface area contributed by atoms with Crippen LogP contribution in [-0.2, 0) is 4.79 Å². The highest BCUT2D eigenvalue weighted by Crippen LogP contribution is 2.22. The van der Waals surface area contributed by atoms with E-state index < -0.39 is 0 Å². The van der Waals surface area contributed by atoms with Gasteiger partial charge in [-0.3, -0.25) is 4.79 Å². The van der Waals surface area contributed by atoms with Crippen LogP contribution in [0.15, 0.2) is 47.9 Å². The van der Waals surface area contributed by atoms with E-state index in [0.717, 1.165) is 5.56 Å². The van der Waals surface area contributed by atoms with Crippen LogP contribution in [0.3, 0.4) is 0 Å². The zero-order valence-electron chi connectivity index (χ0n) is 10.9. The molecule has 1 atom stereocenters. The maximum atomic E-state index is 11.9. The minimum Gasteiger partial charge on any atom is -0.349 e. The number of aromatic nitrogens is 2. The lowest BCUT2D eigenvalue weighted by Gasteiger charge is -2.15. The van der Waals surface area contributed by atoms with E-state index in [-0.39, 0.29) is 17.7 Å². The molecule has 0 fully saturated rings. The minimum absolute atomic E-state index is 0.0742. The molecule has 0 aliphatic rings. The molecule has 1 aromatic carbocycles. The zero-order valence-corrected chi connectivity index (χ0v) is 12.5. The maximum absolute atomic E-state index is 11.9. The number of thioether (sulfide) groups is 1. The number of hydrogen-bond acceptors (Lipinski definition) is 4. The van der Waals surface area contributed by atoms with Crippen molar-refractivity contribution in [3.05, 3.63) is 53.3 Å². The van der Waals surface area contributed by atoms with Crippen LogP contribution in [0.4, 0.5) is 0 Å². The molecule has 0 unspecified atom stereocenters. The Balaban J connectivity index is 1.87. The lowest BCUT2D eigenvalue weighted by atomic mass is 10.1. The van der Waals surface area contributed by atoms with Crippen molar-refractivity contribution in [2.24, 2.45) is 0 Å². The van der Waals surface area contributed by atoms with Crippen LogP contribution in [0, 0.1) is 0 Å². The summed E-state index contributed by atoms with van der Waals surface area (Å²) in [6.07, 6.45) is 3.30. The highest BCUT2D eigenvalue weighted by atomic mass is 35.5. The van der Waals surface area contributed by atoms with Crippen LogP contribution in [-0.4, -0.2) is 21.6 Å². The third-order valence-electron chi connectivity index (χ3n) is 2.62. The Bertz CT molecular complexity index is 580. The summed E-state index contributed by atoms with van der Waals surface area (Å²) in [5.41, 5.74) is 0.906. The fraction of sp³-hybridized carbons (Fsp3) is 0.214. The van der Waals surface area contributed by atoms with E-state index in [1.807, 2.05) is 31.2 Å². The van der Waals surface area contributed by atoms with Gasteiger partial charge in [0.2, 0.25) is 5.91 Å². The average Bonchev–Trinajstić information content (AvgIpc) is 2.46. The van der Waals surface area contributed by atoms with Crippen LogP contribution in [0.25, 0.3) is 0 Å². The fourth-order valence-corrected chi connectivity index (χ4v) is 2.59. The molecule has 0 saturated carbocycles. The molecule has 0 saturated heterocycles. The van der Waals surface area contributed by atoms with Gasteiger partial charge in [0.25, 0.3) is 0 Å². The third-order valence-corrected chi connectivity index (χ3v) is 3.84. The summed E-state index contributed by atoms with van der Waals surface area (Å²) < 4.78 is 0. The molecule has 6 heteroatoms. The summed E-state index contributed by atoms with van der Waals surface area (Å²) in [5, 5.41) is 4.15. The average molecular weight is 308 g/mol. The van der Waals surface area contributed by atoms with Crippen molar-refractivity contribution in [1.82, 2.24) is 15.3 Å². The Morgan fingerprint density at radius 2 is 2.00 bits per heavy atom. The van der Waals surface area contributed by atoms with Gasteiger partial charge >= 0.3 is 0 Å². The number of nitrogens with zero attached hydrogens (tertiary/aromatic N) is 2. The molecule has 104 valence electrons. The second-order valence-corrected chi connectivity index (χ2v) is 5.48. The van der Waals surface area contributed by atoms with Crippen LogP contribution in [0.5, 0.6) is 0 Å². The summed E-state index contributed by atoms with van der Waals surface area (Å²) in [6.45, 7) is 1.91. The Morgan fingerprint density at radius 3 is 2.70 bits per heavy atom. The van der Waals surface area contributed by atoms with Gasteiger partial charge < -0.3 is 5.32 Å². The van der Waals surface area contributed by atoms with Gasteiger partial charge in [-0.1, -0.05) is 41.6 Å². The number of halogens is 1. The van der Waals surface area contributed by atoms with E-state index in [2.05, 4.69) is 15.3 Å². The SMILES string of the molecule is C[C@H](NC(=O)CSc1ncccn1)c1ccccc1Cl. The first-order valence-corrected chi connectivity index (χ1v) is 7.47. The van der Waals surface area contributed by atoms with Crippen molar-refractivity contribution in [2.45, 2.75) is 18.1 Å². The molecule has 1 amide bonds. The molecule has 0 spiro atoms. The summed E-state index contributed by atoms with van der Waals surface area (Å²) in [6, 6.07) is 9.09. The second-order valence-electron chi connectivity index (χ2n) is 4.13. The molecule has 2 rings (SSSR count). The summed E-state index contributed by atoms with van der Waals surface area (Å²) in [7, 11) is 0. The van der Waals surface area contributed by atoms with Gasteiger partial charge in [-0.2, -0.15) is 0 Å². The lowest BCUT2D eigenvalue weighted by Crippen LogP contribution is -2.28. The molecule has 0 bridgehead atoms. The number of amides is 1. The monoisotopic (exact) mass is 307 g/mol. The highest BCUT2D eigenvalue weighted by Gasteiger charge is 2.12. The number of carbonyl (C=O) groups excluding carboxylic acids is 1. The van der Waals surface area contributed by atoms with Crippen LogP contribution < -0.4 is 5.32 Å². The predicted molar refractivity (Wildman–Crippen MR) is 80.8 cm³/mol. The van der Waals surface area contributed by atoms with Crippen molar-refractivity contribution in [3.8, 4) is 0 Å². The smallest absolute Gasteiger partial charge is 0.230 e. The first-order valence-electron chi connectivity index (χ1n) is 6.10. The topological polar surface area (TPSA) is 54.9 Å². The van der Waals surface area contributed by atoms with Crippen LogP contribution in [0.2, 0.25) is 5.02 Å². The largest absolute Gasteiger partial charge is 0.349 e. The Kier molecular flexibility index (Phi) is 5.38. The van der Waals surface area contributed by atoms with Crippen molar-refractivity contribution >= 4 is 29.3 Å².